The van der Waals surface area contributed by atoms with Gasteiger partial charge in [-0.3, -0.25) is 0 Å². The van der Waals surface area contributed by atoms with Crippen LogP contribution in [0.5, 0.6) is 0 Å². The molecule has 0 amide bonds. The van der Waals surface area contributed by atoms with E-state index in [9.17, 15) is 0 Å². The smallest absolute Gasteiger partial charge is 0.277 e. The Morgan fingerprint density at radius 1 is 0.698 bits per heavy atom. The molecular weight excluding hydrogens is 680 g/mol. The second-order valence-corrected chi connectivity index (χ2v) is 13.3. The van der Waals surface area contributed by atoms with Crippen LogP contribution in [-0.4, -0.2) is 39.9 Å². The summed E-state index contributed by atoms with van der Waals surface area (Å²) in [5.41, 5.74) is 6.93. The maximum atomic E-state index is 6.69. The number of hydrogen-bond acceptors (Lipinski definition) is 7. The van der Waals surface area contributed by atoms with Crippen molar-refractivity contribution in [2.45, 2.75) is 45.2 Å². The van der Waals surface area contributed by atoms with E-state index < -0.39 is 5.54 Å². The highest BCUT2D eigenvalue weighted by Crippen LogP contribution is 2.43. The van der Waals surface area contributed by atoms with Gasteiger partial charge in [-0.2, -0.15) is 4.98 Å². The first kappa shape index (κ1) is 33.9. The van der Waals surface area contributed by atoms with Gasteiger partial charge in [0.1, 0.15) is 17.1 Å². The minimum Gasteiger partial charge on any atom is -0.332 e. The van der Waals surface area contributed by atoms with Crippen LogP contribution in [0, 0.1) is 6.92 Å². The Kier molecular flexibility index (Phi) is 9.48. The molecule has 0 fully saturated rings. The molecule has 0 radical (unpaired) electrons. The molecule has 10 heteroatoms. The van der Waals surface area contributed by atoms with Crippen molar-refractivity contribution in [3.8, 4) is 34.1 Å². The SMILES string of the molecule is CCCCc1nc(Cl)c(-c2nc(C)no2)n1Cc1ccc(-c2ccccc2-c2nnnn2C(c2ccccc2)(c2ccccc2)c2ccccc2)cc1. The Morgan fingerprint density at radius 2 is 1.28 bits per heavy atom. The van der Waals surface area contributed by atoms with Crippen LogP contribution in [-0.2, 0) is 18.5 Å². The van der Waals surface area contributed by atoms with Crippen LogP contribution in [0.25, 0.3) is 34.1 Å². The zero-order valence-corrected chi connectivity index (χ0v) is 30.2. The fraction of sp³-hybridized carbons (Fsp3) is 0.163. The molecule has 0 N–H and O–H groups in total. The number of imidazole rings is 1. The number of benzene rings is 5. The van der Waals surface area contributed by atoms with Crippen molar-refractivity contribution in [2.24, 2.45) is 0 Å². The van der Waals surface area contributed by atoms with Crippen LogP contribution >= 0.6 is 11.6 Å². The zero-order valence-electron chi connectivity index (χ0n) is 29.5. The van der Waals surface area contributed by atoms with Crippen LogP contribution in [0.2, 0.25) is 5.15 Å². The molecule has 0 saturated carbocycles. The first-order valence-corrected chi connectivity index (χ1v) is 18.2. The van der Waals surface area contributed by atoms with Crippen LogP contribution < -0.4 is 0 Å². The lowest BCUT2D eigenvalue weighted by Crippen LogP contribution is -2.39. The second kappa shape index (κ2) is 14.8. The Hall–Kier alpha value is -6.19. The van der Waals surface area contributed by atoms with Crippen molar-refractivity contribution in [3.63, 3.8) is 0 Å². The van der Waals surface area contributed by atoms with Crippen LogP contribution in [0.15, 0.2) is 144 Å². The maximum absolute atomic E-state index is 6.69. The molecule has 0 aliphatic carbocycles. The van der Waals surface area contributed by atoms with Crippen molar-refractivity contribution in [3.05, 3.63) is 179 Å². The highest BCUT2D eigenvalue weighted by molar-refractivity contribution is 6.31. The number of halogens is 1. The van der Waals surface area contributed by atoms with Gasteiger partial charge < -0.3 is 9.09 Å². The van der Waals surface area contributed by atoms with Gasteiger partial charge in [-0.25, -0.2) is 9.67 Å². The molecule has 262 valence electrons. The molecule has 0 saturated heterocycles. The Morgan fingerprint density at radius 3 is 1.85 bits per heavy atom. The van der Waals surface area contributed by atoms with Gasteiger partial charge in [0.2, 0.25) is 0 Å². The predicted molar refractivity (Wildman–Crippen MR) is 206 cm³/mol. The van der Waals surface area contributed by atoms with Gasteiger partial charge in [0.05, 0.1) is 0 Å². The van der Waals surface area contributed by atoms with E-state index in [1.54, 1.807) is 6.92 Å². The zero-order chi connectivity index (χ0) is 36.2. The number of rotatable bonds is 12. The van der Waals surface area contributed by atoms with E-state index >= 15 is 0 Å². The standard InChI is InChI=1S/C43H37ClN8O/c1-3-4-24-38-46-40(44)39(42-45-30(2)48-53-42)51(38)29-31-25-27-32(28-26-31)36-22-14-15-23-37(36)41-47-49-50-52(41)43(33-16-8-5-9-17-33,34-18-10-6-11-19-34)35-20-12-7-13-21-35/h5-23,25-28H,3-4,24,29H2,1-2H3. The minimum absolute atomic E-state index is 0.362. The summed E-state index contributed by atoms with van der Waals surface area (Å²) in [6.45, 7) is 4.50. The fourth-order valence-electron chi connectivity index (χ4n) is 7.15. The van der Waals surface area contributed by atoms with Gasteiger partial charge in [0.15, 0.2) is 16.8 Å². The summed E-state index contributed by atoms with van der Waals surface area (Å²) in [5, 5.41) is 18.2. The minimum atomic E-state index is -0.865. The number of aryl methyl sites for hydroxylation is 2. The van der Waals surface area contributed by atoms with E-state index in [-0.39, 0.29) is 0 Å². The summed E-state index contributed by atoms with van der Waals surface area (Å²) < 4.78 is 9.62. The highest BCUT2D eigenvalue weighted by atomic mass is 35.5. The lowest BCUT2D eigenvalue weighted by atomic mass is 9.77. The van der Waals surface area contributed by atoms with E-state index in [0.717, 1.165) is 64.0 Å². The predicted octanol–water partition coefficient (Wildman–Crippen LogP) is 9.45. The van der Waals surface area contributed by atoms with Gasteiger partial charge in [-0.05, 0) is 57.2 Å². The van der Waals surface area contributed by atoms with E-state index in [2.05, 4.69) is 136 Å². The molecular formula is C43H37ClN8O. The number of tetrazole rings is 1. The molecule has 3 aromatic heterocycles. The largest absolute Gasteiger partial charge is 0.332 e. The van der Waals surface area contributed by atoms with E-state index in [0.29, 0.717) is 34.9 Å². The molecule has 0 bridgehead atoms. The van der Waals surface area contributed by atoms with Crippen molar-refractivity contribution in [1.29, 1.82) is 0 Å². The first-order chi connectivity index (χ1) is 26.1. The lowest BCUT2D eigenvalue weighted by Gasteiger charge is -2.36. The number of hydrogen-bond donors (Lipinski definition) is 0. The summed E-state index contributed by atoms with van der Waals surface area (Å²) in [6.07, 6.45) is 2.82. The summed E-state index contributed by atoms with van der Waals surface area (Å²) >= 11 is 6.69. The van der Waals surface area contributed by atoms with E-state index in [1.807, 2.05) is 35.0 Å². The topological polar surface area (TPSA) is 100 Å². The Bertz CT molecular complexity index is 2340. The number of aromatic nitrogens is 8. The second-order valence-electron chi connectivity index (χ2n) is 13.0. The molecule has 9 nitrogen and oxygen atoms in total. The van der Waals surface area contributed by atoms with Crippen LogP contribution in [0.3, 0.4) is 0 Å². The van der Waals surface area contributed by atoms with Crippen molar-refractivity contribution in [2.75, 3.05) is 0 Å². The summed E-state index contributed by atoms with van der Waals surface area (Å²) in [5.74, 6) is 2.45. The monoisotopic (exact) mass is 716 g/mol. The third-order valence-electron chi connectivity index (χ3n) is 9.62. The van der Waals surface area contributed by atoms with Crippen molar-refractivity contribution >= 4 is 11.6 Å². The van der Waals surface area contributed by atoms with Gasteiger partial charge in [-0.1, -0.05) is 170 Å². The highest BCUT2D eigenvalue weighted by Gasteiger charge is 2.42. The molecule has 0 spiro atoms. The van der Waals surface area contributed by atoms with Gasteiger partial charge in [0, 0.05) is 18.5 Å². The van der Waals surface area contributed by atoms with Gasteiger partial charge >= 0.3 is 0 Å². The van der Waals surface area contributed by atoms with Crippen LogP contribution in [0.1, 0.15) is 53.7 Å². The average molecular weight is 717 g/mol. The van der Waals surface area contributed by atoms with E-state index in [4.69, 9.17) is 31.4 Å². The van der Waals surface area contributed by atoms with Gasteiger partial charge in [0.25, 0.3) is 5.89 Å². The molecule has 8 rings (SSSR count). The maximum Gasteiger partial charge on any atom is 0.277 e. The molecule has 0 unspecified atom stereocenters. The molecule has 5 aromatic carbocycles. The molecule has 0 aliphatic rings. The first-order valence-electron chi connectivity index (χ1n) is 17.8. The lowest BCUT2D eigenvalue weighted by molar-refractivity contribution is 0.422. The molecule has 8 aromatic rings. The van der Waals surface area contributed by atoms with Gasteiger partial charge in [-0.15, -0.1) is 5.10 Å². The fourth-order valence-corrected chi connectivity index (χ4v) is 7.43. The molecule has 0 aliphatic heterocycles. The van der Waals surface area contributed by atoms with E-state index in [1.165, 1.54) is 0 Å². The quantitative estimate of drug-likeness (QED) is 0.116. The number of nitrogens with zero attached hydrogens (tertiary/aromatic N) is 8. The Balaban J connectivity index is 1.22. The summed E-state index contributed by atoms with van der Waals surface area (Å²) in [4.78, 5) is 9.17. The average Bonchev–Trinajstić information content (AvgIpc) is 3.95. The Labute approximate surface area is 312 Å². The normalized spacial score (nSPS) is 11.6. The third-order valence-corrected chi connectivity index (χ3v) is 9.89. The molecule has 0 atom stereocenters. The summed E-state index contributed by atoms with van der Waals surface area (Å²) in [7, 11) is 0. The van der Waals surface area contributed by atoms with Crippen molar-refractivity contribution in [1.82, 2.24) is 39.9 Å². The number of unbranched alkanes of at least 4 members (excludes halogenated alkanes) is 1. The molecule has 3 heterocycles. The van der Waals surface area contributed by atoms with Crippen molar-refractivity contribution < 1.29 is 4.52 Å². The summed E-state index contributed by atoms with van der Waals surface area (Å²) in [6, 6.07) is 48.1. The third kappa shape index (κ3) is 6.33. The van der Waals surface area contributed by atoms with Crippen LogP contribution in [0.4, 0.5) is 0 Å². The molecule has 53 heavy (non-hydrogen) atoms.